The molecule has 2 rings (SSSR count). The molecule has 0 atom stereocenters. The van der Waals surface area contributed by atoms with Crippen LogP contribution in [0.5, 0.6) is 0 Å². The van der Waals surface area contributed by atoms with Crippen molar-refractivity contribution >= 4 is 20.0 Å². The Bertz CT molecular complexity index is 879. The maximum absolute atomic E-state index is 12.5. The maximum Gasteiger partial charge on any atom is 0.241 e. The minimum Gasteiger partial charge on any atom is -0.214 e. The van der Waals surface area contributed by atoms with E-state index in [2.05, 4.69) is 9.44 Å². The molecule has 0 aliphatic heterocycles. The molecule has 2 aromatic carbocycles. The lowest BCUT2D eigenvalue weighted by Crippen LogP contribution is -2.35. The van der Waals surface area contributed by atoms with E-state index in [9.17, 15) is 16.8 Å². The molecular weight excluding hydrogens is 348 g/mol. The van der Waals surface area contributed by atoms with Gasteiger partial charge in [-0.25, -0.2) is 26.3 Å². The Morgan fingerprint density at radius 3 is 2.04 bits per heavy atom. The van der Waals surface area contributed by atoms with Crippen molar-refractivity contribution in [2.45, 2.75) is 11.8 Å². The highest BCUT2D eigenvalue weighted by Crippen LogP contribution is 2.26. The molecule has 0 saturated carbocycles. The third-order valence-electron chi connectivity index (χ3n) is 3.38. The fraction of sp³-hybridized carbons (Fsp3) is 0.250. The molecule has 8 heteroatoms. The molecule has 130 valence electrons. The van der Waals surface area contributed by atoms with Gasteiger partial charge in [0.15, 0.2) is 0 Å². The number of hydrogen-bond donors (Lipinski definition) is 2. The van der Waals surface area contributed by atoms with Gasteiger partial charge < -0.3 is 0 Å². The first-order valence-corrected chi connectivity index (χ1v) is 10.6. The average molecular weight is 368 g/mol. The van der Waals surface area contributed by atoms with Gasteiger partial charge in [0.1, 0.15) is 0 Å². The molecule has 0 spiro atoms. The van der Waals surface area contributed by atoms with Gasteiger partial charge in [-0.3, -0.25) is 0 Å². The highest BCUT2D eigenvalue weighted by molar-refractivity contribution is 7.90. The smallest absolute Gasteiger partial charge is 0.214 e. The van der Waals surface area contributed by atoms with Crippen molar-refractivity contribution in [3.8, 4) is 11.1 Å². The SMILES string of the molecule is CCS(=O)(=O)NCCNS(=O)(=O)c1ccccc1-c1ccccc1. The molecule has 0 unspecified atom stereocenters. The molecule has 2 aromatic rings. The Labute approximate surface area is 143 Å². The van der Waals surface area contributed by atoms with Crippen LogP contribution in [0.25, 0.3) is 11.1 Å². The fourth-order valence-electron chi connectivity index (χ4n) is 2.13. The van der Waals surface area contributed by atoms with Crippen molar-refractivity contribution in [3.63, 3.8) is 0 Å². The van der Waals surface area contributed by atoms with Crippen LogP contribution in [0.2, 0.25) is 0 Å². The van der Waals surface area contributed by atoms with Crippen LogP contribution < -0.4 is 9.44 Å². The van der Waals surface area contributed by atoms with Gasteiger partial charge in [0.25, 0.3) is 0 Å². The van der Waals surface area contributed by atoms with E-state index in [1.807, 2.05) is 30.3 Å². The Balaban J connectivity index is 2.16. The van der Waals surface area contributed by atoms with Crippen molar-refractivity contribution in [3.05, 3.63) is 54.6 Å². The summed E-state index contributed by atoms with van der Waals surface area (Å²) in [6, 6.07) is 15.9. The van der Waals surface area contributed by atoms with Crippen LogP contribution in [-0.2, 0) is 20.0 Å². The van der Waals surface area contributed by atoms with Gasteiger partial charge in [0.2, 0.25) is 20.0 Å². The quantitative estimate of drug-likeness (QED) is 0.692. The van der Waals surface area contributed by atoms with E-state index in [-0.39, 0.29) is 23.7 Å². The minimum absolute atomic E-state index is 0.00288. The lowest BCUT2D eigenvalue weighted by molar-refractivity contribution is 0.571. The molecule has 0 aliphatic carbocycles. The van der Waals surface area contributed by atoms with E-state index < -0.39 is 20.0 Å². The van der Waals surface area contributed by atoms with Crippen LogP contribution in [0.3, 0.4) is 0 Å². The summed E-state index contributed by atoms with van der Waals surface area (Å²) in [5.41, 5.74) is 1.39. The second-order valence-electron chi connectivity index (χ2n) is 5.06. The average Bonchev–Trinajstić information content (AvgIpc) is 2.60. The van der Waals surface area contributed by atoms with Crippen molar-refractivity contribution < 1.29 is 16.8 Å². The number of rotatable bonds is 8. The first-order valence-electron chi connectivity index (χ1n) is 7.47. The van der Waals surface area contributed by atoms with E-state index in [1.54, 1.807) is 18.2 Å². The summed E-state index contributed by atoms with van der Waals surface area (Å²) in [7, 11) is -7.09. The molecule has 0 amide bonds. The number of sulfonamides is 2. The number of nitrogens with one attached hydrogen (secondary N) is 2. The summed E-state index contributed by atoms with van der Waals surface area (Å²) in [5.74, 6) is -0.0450. The summed E-state index contributed by atoms with van der Waals surface area (Å²) >= 11 is 0. The Morgan fingerprint density at radius 1 is 0.792 bits per heavy atom. The Kier molecular flexibility index (Phi) is 6.11. The molecule has 0 bridgehead atoms. The minimum atomic E-state index is -3.75. The van der Waals surface area contributed by atoms with Crippen molar-refractivity contribution in [1.82, 2.24) is 9.44 Å². The molecule has 0 aliphatic rings. The summed E-state index contributed by atoms with van der Waals surface area (Å²) in [6.45, 7) is 1.50. The second-order valence-corrected chi connectivity index (χ2v) is 8.89. The van der Waals surface area contributed by atoms with Crippen molar-refractivity contribution in [2.75, 3.05) is 18.8 Å². The van der Waals surface area contributed by atoms with E-state index in [4.69, 9.17) is 0 Å². The predicted molar refractivity (Wildman–Crippen MR) is 94.5 cm³/mol. The van der Waals surface area contributed by atoms with Gasteiger partial charge in [0.05, 0.1) is 10.6 Å². The lowest BCUT2D eigenvalue weighted by atomic mass is 10.1. The normalized spacial score (nSPS) is 12.2. The van der Waals surface area contributed by atoms with E-state index in [1.165, 1.54) is 13.0 Å². The standard InChI is InChI=1S/C16H20N2O4S2/c1-2-23(19,20)17-12-13-18-24(21,22)16-11-7-6-10-15(16)14-8-4-3-5-9-14/h3-11,17-18H,2,12-13H2,1H3. The van der Waals surface area contributed by atoms with Crippen LogP contribution in [0.4, 0.5) is 0 Å². The van der Waals surface area contributed by atoms with Crippen molar-refractivity contribution in [1.29, 1.82) is 0 Å². The zero-order valence-corrected chi connectivity index (χ0v) is 14.9. The Morgan fingerprint density at radius 2 is 1.38 bits per heavy atom. The van der Waals surface area contributed by atoms with Crippen LogP contribution in [0, 0.1) is 0 Å². The highest BCUT2D eigenvalue weighted by Gasteiger charge is 2.18. The van der Waals surface area contributed by atoms with Crippen LogP contribution in [0.15, 0.2) is 59.5 Å². The first kappa shape index (κ1) is 18.6. The molecule has 0 heterocycles. The molecule has 2 N–H and O–H groups in total. The monoisotopic (exact) mass is 368 g/mol. The summed E-state index contributed by atoms with van der Waals surface area (Å²) < 4.78 is 52.5. The topological polar surface area (TPSA) is 92.3 Å². The van der Waals surface area contributed by atoms with Crippen molar-refractivity contribution in [2.24, 2.45) is 0 Å². The van der Waals surface area contributed by atoms with Gasteiger partial charge in [-0.05, 0) is 18.6 Å². The van der Waals surface area contributed by atoms with Gasteiger partial charge in [-0.15, -0.1) is 0 Å². The predicted octanol–water partition coefficient (Wildman–Crippen LogP) is 1.57. The van der Waals surface area contributed by atoms with Gasteiger partial charge in [-0.1, -0.05) is 48.5 Å². The molecule has 0 fully saturated rings. The molecule has 24 heavy (non-hydrogen) atoms. The highest BCUT2D eigenvalue weighted by atomic mass is 32.2. The fourth-order valence-corrected chi connectivity index (χ4v) is 4.01. The van der Waals surface area contributed by atoms with Crippen LogP contribution in [0.1, 0.15) is 6.92 Å². The molecular formula is C16H20N2O4S2. The van der Waals surface area contributed by atoms with Gasteiger partial charge in [-0.2, -0.15) is 0 Å². The third kappa shape index (κ3) is 4.88. The molecule has 0 saturated heterocycles. The number of benzene rings is 2. The summed E-state index contributed by atoms with van der Waals surface area (Å²) in [6.07, 6.45) is 0. The summed E-state index contributed by atoms with van der Waals surface area (Å²) in [5, 5.41) is 0. The Hall–Kier alpha value is -1.74. The largest absolute Gasteiger partial charge is 0.241 e. The zero-order valence-electron chi connectivity index (χ0n) is 13.3. The number of hydrogen-bond acceptors (Lipinski definition) is 4. The van der Waals surface area contributed by atoms with Gasteiger partial charge >= 0.3 is 0 Å². The zero-order chi connectivity index (χ0) is 17.6. The van der Waals surface area contributed by atoms with E-state index in [0.717, 1.165) is 5.56 Å². The molecule has 0 aromatic heterocycles. The van der Waals surface area contributed by atoms with E-state index in [0.29, 0.717) is 5.56 Å². The van der Waals surface area contributed by atoms with E-state index >= 15 is 0 Å². The van der Waals surface area contributed by atoms with Crippen LogP contribution >= 0.6 is 0 Å². The maximum atomic E-state index is 12.5. The van der Waals surface area contributed by atoms with Gasteiger partial charge in [0, 0.05) is 18.7 Å². The second kappa shape index (κ2) is 7.89. The molecule has 0 radical (unpaired) electrons. The first-order chi connectivity index (χ1) is 11.4. The lowest BCUT2D eigenvalue weighted by Gasteiger charge is -2.12. The third-order valence-corrected chi connectivity index (χ3v) is 6.30. The summed E-state index contributed by atoms with van der Waals surface area (Å²) in [4.78, 5) is 0.162. The van der Waals surface area contributed by atoms with Crippen LogP contribution in [-0.4, -0.2) is 35.7 Å². The molecule has 6 nitrogen and oxygen atoms in total.